The number of rotatable bonds is 9. The minimum Gasteiger partial charge on any atom is -0.508 e. The number of thioether (sulfide) groups is 1. The highest BCUT2D eigenvalue weighted by Gasteiger charge is 2.26. The maximum atomic E-state index is 11.8. The van der Waals surface area contributed by atoms with Gasteiger partial charge in [0.25, 0.3) is 0 Å². The Bertz CT molecular complexity index is 1550. The Morgan fingerprint density at radius 1 is 0.917 bits per heavy atom. The largest absolute Gasteiger partial charge is 0.508 e. The summed E-state index contributed by atoms with van der Waals surface area (Å²) < 4.78 is 5.28. The van der Waals surface area contributed by atoms with E-state index < -0.39 is 0 Å². The Morgan fingerprint density at radius 2 is 1.44 bits per heavy atom. The first kappa shape index (κ1) is 43.0. The smallest absolute Gasteiger partial charge is 0.308 e. The van der Waals surface area contributed by atoms with Crippen molar-refractivity contribution < 1.29 is 31.4 Å². The van der Waals surface area contributed by atoms with Crippen LogP contribution in [0.25, 0.3) is 0 Å². The predicted molar refractivity (Wildman–Crippen MR) is 214 cm³/mol. The van der Waals surface area contributed by atoms with E-state index in [1.165, 1.54) is 31.0 Å². The number of carbonyl (C=O) groups excluding carboxylic acids is 1. The second-order valence-electron chi connectivity index (χ2n) is 11.3. The number of thiocarbonyl (C=S) groups is 2. The van der Waals surface area contributed by atoms with Crippen LogP contribution >= 0.6 is 49.7 Å². The summed E-state index contributed by atoms with van der Waals surface area (Å²) in [5, 5.41) is 44.8. The van der Waals surface area contributed by atoms with E-state index in [4.69, 9.17) is 29.2 Å². The number of piperidine rings is 1. The number of nitrogens with one attached hydrogen (secondary N) is 1. The van der Waals surface area contributed by atoms with Crippen LogP contribution in [0.1, 0.15) is 95.3 Å². The van der Waals surface area contributed by atoms with Crippen LogP contribution in [0.3, 0.4) is 0 Å². The van der Waals surface area contributed by atoms with E-state index in [1.807, 2.05) is 58.9 Å². The van der Waals surface area contributed by atoms with Crippen LogP contribution in [-0.4, -0.2) is 60.7 Å². The molecule has 1 aliphatic rings. The molecule has 1 saturated heterocycles. The molecule has 12 heteroatoms. The molecule has 0 spiro atoms. The molecule has 3 aromatic carbocycles. The number of esters is 1. The van der Waals surface area contributed by atoms with Crippen molar-refractivity contribution in [3.63, 3.8) is 0 Å². The first-order valence-corrected chi connectivity index (χ1v) is 17.1. The van der Waals surface area contributed by atoms with Crippen LogP contribution < -0.4 is 5.32 Å². The maximum Gasteiger partial charge on any atom is 0.308 e. The van der Waals surface area contributed by atoms with Gasteiger partial charge in [0.1, 0.15) is 28.0 Å². The molecule has 1 heterocycles. The Balaban J connectivity index is 0.00000452. The number of carbonyl (C=O) groups is 1. The van der Waals surface area contributed by atoms with Gasteiger partial charge in [-0.05, 0) is 74.2 Å². The monoisotopic (exact) mass is 736 g/mol. The van der Waals surface area contributed by atoms with Crippen molar-refractivity contribution in [2.45, 2.75) is 72.6 Å². The fraction of sp³-hybridized carbons (Fsp3) is 0.417. The highest BCUT2D eigenvalue weighted by molar-refractivity contribution is 8.23. The van der Waals surface area contributed by atoms with Gasteiger partial charge in [-0.2, -0.15) is 13.5 Å². The number of nitrogens with zero attached hydrogens (tertiary/aromatic N) is 1. The highest BCUT2D eigenvalue weighted by atomic mass is 32.2. The van der Waals surface area contributed by atoms with Crippen molar-refractivity contribution in [3.8, 4) is 23.0 Å². The summed E-state index contributed by atoms with van der Waals surface area (Å²) in [7, 11) is 1.43. The molecule has 8 nitrogen and oxygen atoms in total. The van der Waals surface area contributed by atoms with E-state index in [2.05, 4.69) is 10.2 Å². The Kier molecular flexibility index (Phi) is 17.8. The van der Waals surface area contributed by atoms with Gasteiger partial charge in [0.2, 0.25) is 0 Å². The quantitative estimate of drug-likeness (QED) is 0.107. The fourth-order valence-corrected chi connectivity index (χ4v) is 7.06. The minimum atomic E-state index is -0.350. The minimum absolute atomic E-state index is 0. The molecule has 1 aliphatic heterocycles. The van der Waals surface area contributed by atoms with Gasteiger partial charge in [0.05, 0.1) is 22.8 Å². The third kappa shape index (κ3) is 11.0. The summed E-state index contributed by atoms with van der Waals surface area (Å²) in [5.74, 6) is -0.492. The fourth-order valence-electron chi connectivity index (χ4n) is 5.25. The molecular weight excluding hydrogens is 685 g/mol. The molecular formula is C36H52N2O6S4. The topological polar surface area (TPSA) is 122 Å². The van der Waals surface area contributed by atoms with Crippen molar-refractivity contribution in [2.24, 2.45) is 5.92 Å². The molecule has 1 fully saturated rings. The lowest BCUT2D eigenvalue weighted by Crippen LogP contribution is -2.36. The molecule has 48 heavy (non-hydrogen) atoms. The molecule has 266 valence electrons. The first-order chi connectivity index (χ1) is 21.9. The molecule has 0 aromatic heterocycles. The van der Waals surface area contributed by atoms with Crippen molar-refractivity contribution in [2.75, 3.05) is 25.5 Å². The number of ether oxygens (including phenoxy) is 1. The second-order valence-corrected chi connectivity index (χ2v) is 13.7. The van der Waals surface area contributed by atoms with Gasteiger partial charge >= 0.3 is 5.97 Å². The standard InChI is InChI=1S/C33H38N2O6S3.C2H6.CH4.H2S.H2/c1-18(2)23-13-26(30(39)15-27(23)36)33(43)44-19(3)24-14-25(29(38)16-28(24)37)31(42)34-22-7-5-20(6-8-22)17-35-11-9-21(10-12-35)32(40)41-4;1-2;;;/h5-8,13-16,18-19,21,36-39H,9-12,17H2,1-4H3,(H,34,42);1-2H3;1H4;1H2;1H. The number of methoxy groups -OCH3 is 1. The van der Waals surface area contributed by atoms with E-state index in [9.17, 15) is 25.2 Å². The molecule has 0 saturated carbocycles. The number of aromatic hydroxyl groups is 4. The van der Waals surface area contributed by atoms with Crippen LogP contribution in [-0.2, 0) is 16.1 Å². The summed E-state index contributed by atoms with van der Waals surface area (Å²) in [6, 6.07) is 13.8. The van der Waals surface area contributed by atoms with Crippen molar-refractivity contribution >= 4 is 70.5 Å². The molecule has 1 atom stereocenters. The maximum absolute atomic E-state index is 11.8. The first-order valence-electron chi connectivity index (χ1n) is 15.4. The van der Waals surface area contributed by atoms with Crippen molar-refractivity contribution in [3.05, 3.63) is 76.3 Å². The lowest BCUT2D eigenvalue weighted by molar-refractivity contribution is -0.147. The Morgan fingerprint density at radius 3 is 1.98 bits per heavy atom. The van der Waals surface area contributed by atoms with Crippen molar-refractivity contribution in [1.82, 2.24) is 4.90 Å². The van der Waals surface area contributed by atoms with Crippen LogP contribution in [0, 0.1) is 5.92 Å². The third-order valence-corrected chi connectivity index (χ3v) is 9.71. The van der Waals surface area contributed by atoms with Gasteiger partial charge in [-0.3, -0.25) is 9.69 Å². The molecule has 1 unspecified atom stereocenters. The Labute approximate surface area is 308 Å². The van der Waals surface area contributed by atoms with E-state index in [0.29, 0.717) is 31.4 Å². The van der Waals surface area contributed by atoms with Gasteiger partial charge in [-0.15, -0.1) is 11.8 Å². The average Bonchev–Trinajstić information content (AvgIpc) is 3.02. The van der Waals surface area contributed by atoms with Crippen LogP contribution in [0.15, 0.2) is 48.5 Å². The molecule has 0 aliphatic carbocycles. The SMILES string of the molecule is C.CC.COC(=O)C1CCN(Cc2ccc(NC(=S)c3cc(C(C)SC(=S)c4cc(C(C)C)c(O)cc4O)c(O)cc3O)cc2)CC1.S.[HH]. The van der Waals surface area contributed by atoms with Gasteiger partial charge in [0.15, 0.2) is 0 Å². The number of hydrogen-bond donors (Lipinski definition) is 5. The number of benzene rings is 3. The molecule has 0 amide bonds. The predicted octanol–water partition coefficient (Wildman–Crippen LogP) is 9.00. The van der Waals surface area contributed by atoms with E-state index in [1.54, 1.807) is 12.1 Å². The summed E-state index contributed by atoms with van der Waals surface area (Å²) >= 11 is 12.5. The lowest BCUT2D eigenvalue weighted by Gasteiger charge is -2.30. The zero-order valence-electron chi connectivity index (χ0n) is 27.7. The van der Waals surface area contributed by atoms with Gasteiger partial charge in [0, 0.05) is 42.2 Å². The molecule has 0 radical (unpaired) electrons. The highest BCUT2D eigenvalue weighted by Crippen LogP contribution is 2.42. The average molecular weight is 737 g/mol. The zero-order valence-corrected chi connectivity index (χ0v) is 31.1. The van der Waals surface area contributed by atoms with Gasteiger partial charge in [-0.25, -0.2) is 0 Å². The number of phenolic OH excluding ortho intramolecular Hbond substituents is 4. The molecule has 3 aromatic rings. The van der Waals surface area contributed by atoms with E-state index >= 15 is 0 Å². The lowest BCUT2D eigenvalue weighted by atomic mass is 9.96. The number of anilines is 1. The summed E-state index contributed by atoms with van der Waals surface area (Å²) in [4.78, 5) is 14.4. The van der Waals surface area contributed by atoms with Crippen molar-refractivity contribution in [1.29, 1.82) is 0 Å². The molecule has 0 bridgehead atoms. The summed E-state index contributed by atoms with van der Waals surface area (Å²) in [5.41, 5.74) is 3.87. The number of phenols is 4. The van der Waals surface area contributed by atoms with Crippen LogP contribution in [0.4, 0.5) is 5.69 Å². The van der Waals surface area contributed by atoms with Gasteiger partial charge < -0.3 is 30.5 Å². The number of likely N-dealkylation sites (tertiary alicyclic amines) is 1. The summed E-state index contributed by atoms with van der Waals surface area (Å²) in [6.45, 7) is 12.2. The Hall–Kier alpha value is -3.03. The van der Waals surface area contributed by atoms with Crippen LogP contribution in [0.5, 0.6) is 23.0 Å². The van der Waals surface area contributed by atoms with Crippen LogP contribution in [0.2, 0.25) is 0 Å². The molecule has 5 N–H and O–H groups in total. The second kappa shape index (κ2) is 19.8. The number of hydrogen-bond acceptors (Lipinski definition) is 10. The normalized spacial score (nSPS) is 13.6. The zero-order chi connectivity index (χ0) is 34.1. The summed E-state index contributed by atoms with van der Waals surface area (Å²) in [6.07, 6.45) is 1.58. The molecule has 4 rings (SSSR count). The van der Waals surface area contributed by atoms with Gasteiger partial charge in [-0.1, -0.05) is 71.7 Å². The van der Waals surface area contributed by atoms with E-state index in [0.717, 1.165) is 43.7 Å². The third-order valence-electron chi connectivity index (χ3n) is 7.84. The van der Waals surface area contributed by atoms with E-state index in [-0.39, 0.29) is 68.4 Å².